The number of unbranched alkanes of at least 4 members (excludes halogenated alkanes) is 2. The van der Waals surface area contributed by atoms with Crippen LogP contribution in [0.3, 0.4) is 0 Å². The molecule has 2 bridgehead atoms. The number of nitrogens with zero attached hydrogens (tertiary/aromatic N) is 1. The number of hydrogen-bond donors (Lipinski definition) is 2. The van der Waals surface area contributed by atoms with E-state index in [1.165, 1.54) is 19.1 Å². The van der Waals surface area contributed by atoms with E-state index in [0.29, 0.717) is 116 Å². The fourth-order valence-corrected chi connectivity index (χ4v) is 12.7. The summed E-state index contributed by atoms with van der Waals surface area (Å²) in [6.45, 7) is 16.0. The molecule has 0 aromatic carbocycles. The molecule has 0 aromatic heterocycles. The van der Waals surface area contributed by atoms with Gasteiger partial charge in [0.2, 0.25) is 5.79 Å². The Kier molecular flexibility index (Phi) is 32.4. The molecule has 19 nitrogen and oxygen atoms in total. The minimum absolute atomic E-state index is 0.0202. The predicted octanol–water partition coefficient (Wildman–Crippen LogP) is 8.50. The highest BCUT2D eigenvalue weighted by molar-refractivity contribution is 6.39. The van der Waals surface area contributed by atoms with E-state index < -0.39 is 90.0 Å². The lowest BCUT2D eigenvalue weighted by atomic mass is 9.81. The van der Waals surface area contributed by atoms with E-state index in [1.807, 2.05) is 32.9 Å². The Hall–Kier alpha value is -4.20. The summed E-state index contributed by atoms with van der Waals surface area (Å²) in [6.07, 6.45) is 12.9. The highest BCUT2D eigenvalue weighted by Gasteiger charge is 2.57. The van der Waals surface area contributed by atoms with Gasteiger partial charge in [-0.15, -0.1) is 12.5 Å². The molecule has 5 aliphatic rings. The SMILES string of the molecule is C=CC[C@@H]1/C=C(\C)C[C@H](C)C[C@H](OC)[C@H]2O[C@@](O)(C(=O)C(=O)N3CCCC[C@H]3C(=O)O[C@H](/C(C)=C/[C@@H]3CC[C@@H](OC(=O)CCCCOCCOCCOCCCCC(=O)COC4C#CCCCCC4)[C@H](OC)C3)[C@H](C)[C@@H](O)CC1=O)[C@H](C)C[C@@H]2OC. The fourth-order valence-electron chi connectivity index (χ4n) is 12.7. The van der Waals surface area contributed by atoms with Gasteiger partial charge in [-0.2, -0.15) is 0 Å². The number of carbonyl (C=O) groups is 6. The molecule has 3 aliphatic heterocycles. The summed E-state index contributed by atoms with van der Waals surface area (Å²) in [7, 11) is 4.62. The van der Waals surface area contributed by atoms with Gasteiger partial charge in [0.1, 0.15) is 42.8 Å². The Labute approximate surface area is 512 Å². The van der Waals surface area contributed by atoms with E-state index >= 15 is 0 Å². The van der Waals surface area contributed by atoms with Gasteiger partial charge < -0.3 is 62.5 Å². The van der Waals surface area contributed by atoms with E-state index in [9.17, 15) is 39.0 Å². The summed E-state index contributed by atoms with van der Waals surface area (Å²) in [4.78, 5) is 84.2. The molecule has 5 rings (SSSR count). The number of fused-ring (bicyclic) bond motifs is 3. The van der Waals surface area contributed by atoms with Gasteiger partial charge in [0.15, 0.2) is 5.78 Å². The number of ether oxygens (including phenoxy) is 10. The molecule has 2 saturated heterocycles. The molecule has 0 radical (unpaired) electrons. The molecule has 0 spiro atoms. The van der Waals surface area contributed by atoms with Crippen LogP contribution in [-0.2, 0) is 76.1 Å². The molecule has 3 fully saturated rings. The maximum atomic E-state index is 14.6. The smallest absolute Gasteiger partial charge is 0.329 e. The first kappa shape index (κ1) is 72.5. The van der Waals surface area contributed by atoms with Gasteiger partial charge in [0, 0.05) is 84.5 Å². The highest BCUT2D eigenvalue weighted by Crippen LogP contribution is 2.40. The molecular weight excluding hydrogens is 1110 g/mol. The zero-order valence-corrected chi connectivity index (χ0v) is 53.1. The van der Waals surface area contributed by atoms with Crippen LogP contribution in [0, 0.1) is 41.4 Å². The molecule has 19 heteroatoms. The number of carbonyl (C=O) groups excluding carboxylic acids is 6. The van der Waals surface area contributed by atoms with Crippen LogP contribution in [0.25, 0.3) is 0 Å². The van der Waals surface area contributed by atoms with Crippen LogP contribution in [-0.4, -0.2) is 185 Å². The van der Waals surface area contributed by atoms with E-state index in [2.05, 4.69) is 18.4 Å². The van der Waals surface area contributed by atoms with Crippen molar-refractivity contribution in [3.8, 4) is 11.8 Å². The third-order valence-electron chi connectivity index (χ3n) is 17.8. The van der Waals surface area contributed by atoms with Crippen molar-refractivity contribution in [1.29, 1.82) is 0 Å². The van der Waals surface area contributed by atoms with E-state index in [-0.39, 0.29) is 74.3 Å². The Morgan fingerprint density at radius 2 is 1.45 bits per heavy atom. The standard InChI is InChI=1S/C67H105NO18/c1-10-22-51-38-45(2)37-46(3)39-59(78-8)63-60(79-9)41-48(5)67(76,86-63)64(73)65(74)68-30-19-16-26-54(68)66(75)85-62(49(6)55(70)43-56(51)71)47(4)40-50-28-29-57(58(42-50)77-7)84-61(72)27-18-21-32-81-34-36-82-35-33-80-31-20-17-23-52(69)44-83-53-24-14-12-11-13-15-25-53/h10,38,40,46,48-51,53-55,57-60,62-63,70,76H,1,11-14,16-24,26-37,39,41-44H2,2-9H3/b45-38+,47-40+/t46-,48+,49+,50-,51+,53?,54-,55-,57+,58+,59-,60-,62+,63+,67+/m0/s1. The molecular formula is C67H105NO18. The van der Waals surface area contributed by atoms with Crippen molar-refractivity contribution in [2.75, 3.05) is 74.1 Å². The molecule has 1 amide bonds. The third kappa shape index (κ3) is 23.0. The number of aliphatic hydroxyl groups excluding tert-OH is 1. The summed E-state index contributed by atoms with van der Waals surface area (Å²) in [6, 6.07) is -1.19. The zero-order valence-electron chi connectivity index (χ0n) is 53.1. The first-order valence-electron chi connectivity index (χ1n) is 32.1. The van der Waals surface area contributed by atoms with E-state index in [1.54, 1.807) is 27.0 Å². The van der Waals surface area contributed by atoms with Gasteiger partial charge in [0.25, 0.3) is 11.7 Å². The first-order chi connectivity index (χ1) is 41.3. The van der Waals surface area contributed by atoms with Crippen LogP contribution in [0.1, 0.15) is 176 Å². The number of amides is 1. The van der Waals surface area contributed by atoms with Gasteiger partial charge in [-0.1, -0.05) is 56.9 Å². The number of piperidine rings is 1. The minimum Gasteiger partial charge on any atom is -0.460 e. The number of rotatable bonds is 27. The van der Waals surface area contributed by atoms with Crippen molar-refractivity contribution in [2.45, 2.75) is 237 Å². The molecule has 2 aliphatic carbocycles. The van der Waals surface area contributed by atoms with Crippen LogP contribution < -0.4 is 0 Å². The van der Waals surface area contributed by atoms with Crippen LogP contribution in [0.5, 0.6) is 0 Å². The molecule has 1 saturated carbocycles. The molecule has 3 heterocycles. The highest BCUT2D eigenvalue weighted by atomic mass is 16.7. The first-order valence-corrected chi connectivity index (χ1v) is 32.1. The summed E-state index contributed by atoms with van der Waals surface area (Å²) in [5.41, 5.74) is 1.55. The summed E-state index contributed by atoms with van der Waals surface area (Å²) in [5.74, 6) is -2.11. The van der Waals surface area contributed by atoms with Crippen molar-refractivity contribution in [1.82, 2.24) is 4.90 Å². The normalized spacial score (nSPS) is 32.9. The second-order valence-corrected chi connectivity index (χ2v) is 24.7. The van der Waals surface area contributed by atoms with E-state index in [4.69, 9.17) is 47.4 Å². The summed E-state index contributed by atoms with van der Waals surface area (Å²) < 4.78 is 59.1. The lowest BCUT2D eigenvalue weighted by Crippen LogP contribution is -2.64. The number of hydrogen-bond acceptors (Lipinski definition) is 18. The van der Waals surface area contributed by atoms with Crippen LogP contribution in [0.15, 0.2) is 36.0 Å². The minimum atomic E-state index is -2.55. The molecule has 2 N–H and O–H groups in total. The monoisotopic (exact) mass is 1210 g/mol. The molecule has 86 heavy (non-hydrogen) atoms. The van der Waals surface area contributed by atoms with Crippen molar-refractivity contribution in [3.63, 3.8) is 0 Å². The van der Waals surface area contributed by atoms with Crippen LogP contribution in [0.2, 0.25) is 0 Å². The number of ketones is 3. The van der Waals surface area contributed by atoms with Gasteiger partial charge in [-0.05, 0) is 140 Å². The maximum Gasteiger partial charge on any atom is 0.329 e. The Balaban J connectivity index is 1.13. The van der Waals surface area contributed by atoms with Crippen molar-refractivity contribution in [2.24, 2.45) is 29.6 Å². The number of cyclic esters (lactones) is 1. The third-order valence-corrected chi connectivity index (χ3v) is 17.8. The second kappa shape index (κ2) is 38.4. The Bertz CT molecular complexity index is 2270. The fraction of sp³-hybridized carbons (Fsp3) is 0.791. The number of esters is 2. The number of Topliss-reactive ketones (excluding diaryl/α,β-unsaturated/α-hetero) is 3. The second-order valence-electron chi connectivity index (χ2n) is 24.7. The summed E-state index contributed by atoms with van der Waals surface area (Å²) in [5, 5.41) is 24.2. The Morgan fingerprint density at radius 1 is 0.791 bits per heavy atom. The van der Waals surface area contributed by atoms with Crippen LogP contribution >= 0.6 is 0 Å². The topological polar surface area (TPSA) is 238 Å². The van der Waals surface area contributed by atoms with Crippen molar-refractivity contribution < 1.29 is 86.3 Å². The molecule has 486 valence electrons. The van der Waals surface area contributed by atoms with Crippen LogP contribution in [0.4, 0.5) is 0 Å². The number of allylic oxidation sites excluding steroid dienone is 4. The van der Waals surface area contributed by atoms with Gasteiger partial charge in [0.05, 0.1) is 50.8 Å². The average molecular weight is 1210 g/mol. The average Bonchev–Trinajstić information content (AvgIpc) is 1.18. The molecule has 15 atom stereocenters. The zero-order chi connectivity index (χ0) is 62.6. The van der Waals surface area contributed by atoms with Gasteiger partial charge in [-0.3, -0.25) is 24.0 Å². The van der Waals surface area contributed by atoms with Gasteiger partial charge >= 0.3 is 11.9 Å². The van der Waals surface area contributed by atoms with Crippen molar-refractivity contribution in [3.05, 3.63) is 36.0 Å². The maximum absolute atomic E-state index is 14.6. The van der Waals surface area contributed by atoms with E-state index in [0.717, 1.165) is 50.5 Å². The van der Waals surface area contributed by atoms with Crippen molar-refractivity contribution >= 4 is 35.2 Å². The number of methoxy groups -OCH3 is 3. The largest absolute Gasteiger partial charge is 0.460 e. The lowest BCUT2D eigenvalue weighted by molar-refractivity contribution is -0.302. The molecule has 1 unspecified atom stereocenters. The lowest BCUT2D eigenvalue weighted by Gasteiger charge is -2.47. The van der Waals surface area contributed by atoms with Gasteiger partial charge in [-0.25, -0.2) is 4.79 Å². The Morgan fingerprint density at radius 3 is 2.14 bits per heavy atom. The quantitative estimate of drug-likeness (QED) is 0.0258. The predicted molar refractivity (Wildman–Crippen MR) is 322 cm³/mol. The molecule has 0 aromatic rings. The number of aliphatic hydroxyl groups is 2. The summed E-state index contributed by atoms with van der Waals surface area (Å²) >= 11 is 0.